The number of aromatic nitrogens is 2. The zero-order chi connectivity index (χ0) is 18.5. The molecule has 1 aromatic carbocycles. The Morgan fingerprint density at radius 2 is 2.15 bits per heavy atom. The lowest BCUT2D eigenvalue weighted by atomic mass is 9.96. The van der Waals surface area contributed by atoms with E-state index >= 15 is 0 Å². The first-order valence-electron chi connectivity index (χ1n) is 8.67. The second-order valence-corrected chi connectivity index (χ2v) is 6.72. The van der Waals surface area contributed by atoms with Gasteiger partial charge in [0.05, 0.1) is 23.4 Å². The van der Waals surface area contributed by atoms with Crippen LogP contribution in [0.15, 0.2) is 30.5 Å². The fourth-order valence-corrected chi connectivity index (χ4v) is 3.43. The van der Waals surface area contributed by atoms with Gasteiger partial charge in [0.25, 0.3) is 5.91 Å². The van der Waals surface area contributed by atoms with E-state index in [0.29, 0.717) is 42.5 Å². The summed E-state index contributed by atoms with van der Waals surface area (Å²) >= 11 is 6.26. The predicted octanol–water partition coefficient (Wildman–Crippen LogP) is 2.08. The van der Waals surface area contributed by atoms with Crippen molar-refractivity contribution in [3.63, 3.8) is 0 Å². The van der Waals surface area contributed by atoms with Crippen molar-refractivity contribution in [1.29, 1.82) is 0 Å². The van der Waals surface area contributed by atoms with Crippen LogP contribution in [0.2, 0.25) is 5.02 Å². The Morgan fingerprint density at radius 3 is 2.89 bits per heavy atom. The van der Waals surface area contributed by atoms with Crippen molar-refractivity contribution in [2.45, 2.75) is 12.8 Å². The molecule has 0 aliphatic carbocycles. The highest BCUT2D eigenvalue weighted by atomic mass is 35.5. The molecule has 9 heteroatoms. The number of nitrogens with two attached hydrogens (primary N) is 1. The molecule has 3 rings (SSSR count). The van der Waals surface area contributed by atoms with Crippen LogP contribution in [0.5, 0.6) is 0 Å². The van der Waals surface area contributed by atoms with E-state index in [-0.39, 0.29) is 30.1 Å². The number of hydrogen-bond donors (Lipinski definition) is 3. The van der Waals surface area contributed by atoms with Crippen LogP contribution in [0.25, 0.3) is 11.3 Å². The topological polar surface area (TPSA) is 104 Å². The van der Waals surface area contributed by atoms with Crippen LogP contribution in [0, 0.1) is 5.92 Å². The smallest absolute Gasteiger partial charge is 0.257 e. The molecule has 2 aromatic rings. The molecule has 4 N–H and O–H groups in total. The maximum atomic E-state index is 13.0. The lowest BCUT2D eigenvalue weighted by Crippen LogP contribution is -2.46. The van der Waals surface area contributed by atoms with Crippen LogP contribution in [0.3, 0.4) is 0 Å². The molecular formula is C18H23Cl2N5O2. The van der Waals surface area contributed by atoms with Gasteiger partial charge in [-0.1, -0.05) is 29.8 Å². The van der Waals surface area contributed by atoms with E-state index in [1.807, 2.05) is 18.2 Å². The molecule has 1 fully saturated rings. The number of piperidine rings is 1. The zero-order valence-electron chi connectivity index (χ0n) is 14.8. The van der Waals surface area contributed by atoms with Gasteiger partial charge in [0.1, 0.15) is 0 Å². The van der Waals surface area contributed by atoms with Crippen molar-refractivity contribution in [1.82, 2.24) is 20.4 Å². The molecule has 0 spiro atoms. The Balaban J connectivity index is 0.00000261. The summed E-state index contributed by atoms with van der Waals surface area (Å²) in [7, 11) is 0. The highest BCUT2D eigenvalue weighted by Gasteiger charge is 2.30. The molecule has 2 heterocycles. The van der Waals surface area contributed by atoms with Crippen LogP contribution in [-0.2, 0) is 4.79 Å². The fraction of sp³-hybridized carbons (Fsp3) is 0.389. The molecule has 2 amide bonds. The minimum atomic E-state index is -0.213. The number of halogens is 2. The maximum Gasteiger partial charge on any atom is 0.257 e. The molecule has 1 saturated heterocycles. The summed E-state index contributed by atoms with van der Waals surface area (Å²) in [4.78, 5) is 26.9. The van der Waals surface area contributed by atoms with E-state index in [9.17, 15) is 9.59 Å². The Morgan fingerprint density at radius 1 is 1.37 bits per heavy atom. The second-order valence-electron chi connectivity index (χ2n) is 6.31. The summed E-state index contributed by atoms with van der Waals surface area (Å²) in [5.41, 5.74) is 7.21. The van der Waals surface area contributed by atoms with Gasteiger partial charge >= 0.3 is 0 Å². The second kappa shape index (κ2) is 9.73. The SMILES string of the molecule is Cl.NCCNC(=O)C1CCCN(C(=O)c2cn[nH]c2-c2ccccc2Cl)C1. The first kappa shape index (κ1) is 21.2. The highest BCUT2D eigenvalue weighted by molar-refractivity contribution is 6.33. The first-order chi connectivity index (χ1) is 12.6. The molecule has 1 aliphatic rings. The summed E-state index contributed by atoms with van der Waals surface area (Å²) in [6.07, 6.45) is 3.06. The molecule has 0 radical (unpaired) electrons. The molecular weight excluding hydrogens is 389 g/mol. The van der Waals surface area contributed by atoms with Crippen LogP contribution in [-0.4, -0.2) is 53.1 Å². The van der Waals surface area contributed by atoms with Crippen LogP contribution in [0.1, 0.15) is 23.2 Å². The number of benzene rings is 1. The van der Waals surface area contributed by atoms with Gasteiger partial charge in [-0.25, -0.2) is 0 Å². The van der Waals surface area contributed by atoms with E-state index in [1.165, 1.54) is 6.20 Å². The van der Waals surface area contributed by atoms with Crippen LogP contribution < -0.4 is 11.1 Å². The van der Waals surface area contributed by atoms with Crippen molar-refractivity contribution in [3.05, 3.63) is 41.0 Å². The van der Waals surface area contributed by atoms with Crippen molar-refractivity contribution in [2.75, 3.05) is 26.2 Å². The predicted molar refractivity (Wildman–Crippen MR) is 107 cm³/mol. The van der Waals surface area contributed by atoms with Gasteiger partial charge < -0.3 is 16.0 Å². The third-order valence-electron chi connectivity index (χ3n) is 4.54. The average Bonchev–Trinajstić information content (AvgIpc) is 3.15. The van der Waals surface area contributed by atoms with Crippen molar-refractivity contribution < 1.29 is 9.59 Å². The van der Waals surface area contributed by atoms with Gasteiger partial charge in [-0.15, -0.1) is 12.4 Å². The molecule has 146 valence electrons. The van der Waals surface area contributed by atoms with Crippen molar-refractivity contribution in [2.24, 2.45) is 11.7 Å². The summed E-state index contributed by atoms with van der Waals surface area (Å²) in [6.45, 7) is 1.86. The normalized spacial score (nSPS) is 16.5. The van der Waals surface area contributed by atoms with E-state index < -0.39 is 0 Å². The van der Waals surface area contributed by atoms with E-state index in [4.69, 9.17) is 17.3 Å². The van der Waals surface area contributed by atoms with Crippen molar-refractivity contribution >= 4 is 35.8 Å². The van der Waals surface area contributed by atoms with E-state index in [2.05, 4.69) is 15.5 Å². The number of nitrogens with one attached hydrogen (secondary N) is 2. The number of carbonyl (C=O) groups is 2. The number of likely N-dealkylation sites (tertiary alicyclic amines) is 1. The van der Waals surface area contributed by atoms with Crippen LogP contribution >= 0.6 is 24.0 Å². The zero-order valence-corrected chi connectivity index (χ0v) is 16.4. The first-order valence-corrected chi connectivity index (χ1v) is 9.05. The molecule has 27 heavy (non-hydrogen) atoms. The summed E-state index contributed by atoms with van der Waals surface area (Å²) in [6, 6.07) is 7.30. The molecule has 0 bridgehead atoms. The number of rotatable bonds is 5. The third kappa shape index (κ3) is 4.80. The number of H-pyrrole nitrogens is 1. The minimum Gasteiger partial charge on any atom is -0.355 e. The molecule has 0 saturated carbocycles. The Hall–Kier alpha value is -2.09. The van der Waals surface area contributed by atoms with Gasteiger partial charge in [-0.05, 0) is 18.9 Å². The van der Waals surface area contributed by atoms with Gasteiger partial charge in [-0.3, -0.25) is 14.7 Å². The van der Waals surface area contributed by atoms with E-state index in [0.717, 1.165) is 18.4 Å². The molecule has 1 aromatic heterocycles. The lowest BCUT2D eigenvalue weighted by molar-refractivity contribution is -0.126. The summed E-state index contributed by atoms with van der Waals surface area (Å²) in [5, 5.41) is 10.2. The van der Waals surface area contributed by atoms with Gasteiger partial charge in [0.2, 0.25) is 5.91 Å². The summed E-state index contributed by atoms with van der Waals surface area (Å²) in [5.74, 6) is -0.411. The Bertz CT molecular complexity index is 796. The Labute approximate surface area is 169 Å². The standard InChI is InChI=1S/C18H22ClN5O2.ClH/c19-15-6-2-1-5-13(15)16-14(10-22-23-16)18(26)24-9-3-4-12(11-24)17(25)21-8-7-20;/h1-2,5-6,10,12H,3-4,7-9,11,20H2,(H,21,25)(H,22,23);1H. The summed E-state index contributed by atoms with van der Waals surface area (Å²) < 4.78 is 0. The molecule has 1 atom stereocenters. The number of carbonyl (C=O) groups excluding carboxylic acids is 2. The van der Waals surface area contributed by atoms with Gasteiger partial charge in [0, 0.05) is 36.8 Å². The third-order valence-corrected chi connectivity index (χ3v) is 4.87. The average molecular weight is 412 g/mol. The molecule has 1 unspecified atom stereocenters. The van der Waals surface area contributed by atoms with Gasteiger partial charge in [0.15, 0.2) is 0 Å². The largest absolute Gasteiger partial charge is 0.355 e. The molecule has 7 nitrogen and oxygen atoms in total. The van der Waals surface area contributed by atoms with Gasteiger partial charge in [-0.2, -0.15) is 5.10 Å². The van der Waals surface area contributed by atoms with Crippen molar-refractivity contribution in [3.8, 4) is 11.3 Å². The number of nitrogens with zero attached hydrogens (tertiary/aromatic N) is 2. The number of aromatic amines is 1. The highest BCUT2D eigenvalue weighted by Crippen LogP contribution is 2.30. The quantitative estimate of drug-likeness (QED) is 0.700. The van der Waals surface area contributed by atoms with Crippen LogP contribution in [0.4, 0.5) is 0 Å². The lowest BCUT2D eigenvalue weighted by Gasteiger charge is -2.32. The monoisotopic (exact) mass is 411 g/mol. The number of amides is 2. The van der Waals surface area contributed by atoms with E-state index in [1.54, 1.807) is 11.0 Å². The fourth-order valence-electron chi connectivity index (χ4n) is 3.20. The molecule has 1 aliphatic heterocycles. The maximum absolute atomic E-state index is 13.0. The minimum absolute atomic E-state index is 0. The Kier molecular flexibility index (Phi) is 7.65. The number of hydrogen-bond acceptors (Lipinski definition) is 4.